The normalized spacial score (nSPS) is 16.1. The summed E-state index contributed by atoms with van der Waals surface area (Å²) in [6.45, 7) is 0.0861. The number of hydrogen-bond acceptors (Lipinski definition) is 4. The molecule has 6 nitrogen and oxygen atoms in total. The Labute approximate surface area is 112 Å². The maximum absolute atomic E-state index is 13.2. The lowest BCUT2D eigenvalue weighted by Gasteiger charge is -2.10. The summed E-state index contributed by atoms with van der Waals surface area (Å²) < 4.78 is 27.7. The molecule has 1 aromatic carbocycles. The first-order chi connectivity index (χ1) is 9.50. The zero-order chi connectivity index (χ0) is 14.3. The summed E-state index contributed by atoms with van der Waals surface area (Å²) >= 11 is 0. The van der Waals surface area contributed by atoms with Crippen LogP contribution in [0, 0.1) is 17.0 Å². The van der Waals surface area contributed by atoms with E-state index in [9.17, 15) is 13.6 Å². The first kappa shape index (κ1) is 12.6. The molecule has 1 aromatic heterocycles. The van der Waals surface area contributed by atoms with Gasteiger partial charge in [0.1, 0.15) is 11.6 Å². The molecule has 2 aromatic rings. The minimum absolute atomic E-state index is 0.0861. The number of carboxylic acids is 1. The average Bonchev–Trinajstić information content (AvgIpc) is 2.99. The van der Waals surface area contributed by atoms with E-state index in [1.807, 2.05) is 0 Å². The van der Waals surface area contributed by atoms with E-state index >= 15 is 0 Å². The predicted molar refractivity (Wildman–Crippen MR) is 62.5 cm³/mol. The number of rotatable bonds is 4. The Hall–Kier alpha value is -2.38. The summed E-state index contributed by atoms with van der Waals surface area (Å²) in [4.78, 5) is 11.2. The monoisotopic (exact) mass is 280 g/mol. The van der Waals surface area contributed by atoms with Gasteiger partial charge in [0.15, 0.2) is 5.82 Å². The standard InChI is InChI=1S/C12H10F2N4O2/c13-8-3-7(4-9(14)5-8)10-15-16-17-18(10)6-12(1-2-12)11(19)20/h3-5H,1-2,6H2,(H,19,20). The summed E-state index contributed by atoms with van der Waals surface area (Å²) in [5, 5.41) is 20.0. The van der Waals surface area contributed by atoms with Crippen LogP contribution < -0.4 is 0 Å². The summed E-state index contributed by atoms with van der Waals surface area (Å²) in [5.74, 6) is -2.25. The van der Waals surface area contributed by atoms with Crippen LogP contribution in [-0.4, -0.2) is 31.3 Å². The van der Waals surface area contributed by atoms with Gasteiger partial charge in [-0.15, -0.1) is 5.10 Å². The Morgan fingerprint density at radius 1 is 1.30 bits per heavy atom. The quantitative estimate of drug-likeness (QED) is 0.917. The molecule has 8 heteroatoms. The number of aromatic nitrogens is 4. The van der Waals surface area contributed by atoms with Crippen LogP contribution in [0.15, 0.2) is 18.2 Å². The first-order valence-electron chi connectivity index (χ1n) is 5.96. The molecular weight excluding hydrogens is 270 g/mol. The van der Waals surface area contributed by atoms with Crippen molar-refractivity contribution in [2.24, 2.45) is 5.41 Å². The van der Waals surface area contributed by atoms with Crippen LogP contribution in [0.4, 0.5) is 8.78 Å². The largest absolute Gasteiger partial charge is 0.481 e. The average molecular weight is 280 g/mol. The lowest BCUT2D eigenvalue weighted by molar-refractivity contribution is -0.144. The lowest BCUT2D eigenvalue weighted by Crippen LogP contribution is -2.22. The van der Waals surface area contributed by atoms with Gasteiger partial charge in [0, 0.05) is 11.6 Å². The number of tetrazole rings is 1. The van der Waals surface area contributed by atoms with Crippen molar-refractivity contribution in [2.75, 3.05) is 0 Å². The van der Waals surface area contributed by atoms with Gasteiger partial charge in [0.2, 0.25) is 0 Å². The molecule has 1 heterocycles. The molecule has 0 radical (unpaired) electrons. The van der Waals surface area contributed by atoms with Gasteiger partial charge in [-0.2, -0.15) is 0 Å². The fourth-order valence-electron chi connectivity index (χ4n) is 2.08. The molecule has 0 atom stereocenters. The first-order valence-corrected chi connectivity index (χ1v) is 5.96. The van der Waals surface area contributed by atoms with Gasteiger partial charge in [-0.05, 0) is 35.4 Å². The maximum Gasteiger partial charge on any atom is 0.311 e. The second-order valence-electron chi connectivity index (χ2n) is 4.90. The molecule has 0 amide bonds. The highest BCUT2D eigenvalue weighted by atomic mass is 19.1. The zero-order valence-electron chi connectivity index (χ0n) is 10.3. The maximum atomic E-state index is 13.2. The topological polar surface area (TPSA) is 80.9 Å². The van der Waals surface area contributed by atoms with E-state index in [0.717, 1.165) is 18.2 Å². The molecule has 1 N–H and O–H groups in total. The Morgan fingerprint density at radius 3 is 2.50 bits per heavy atom. The molecule has 0 bridgehead atoms. The van der Waals surface area contributed by atoms with Crippen molar-refractivity contribution in [3.05, 3.63) is 29.8 Å². The van der Waals surface area contributed by atoms with E-state index in [1.165, 1.54) is 4.68 Å². The fourth-order valence-corrected chi connectivity index (χ4v) is 2.08. The van der Waals surface area contributed by atoms with Crippen molar-refractivity contribution >= 4 is 5.97 Å². The molecule has 0 saturated heterocycles. The SMILES string of the molecule is O=C(O)C1(Cn2nnnc2-c2cc(F)cc(F)c2)CC1. The minimum Gasteiger partial charge on any atom is -0.481 e. The molecule has 0 aliphatic heterocycles. The summed E-state index contributed by atoms with van der Waals surface area (Å²) in [6, 6.07) is 2.95. The highest BCUT2D eigenvalue weighted by molar-refractivity contribution is 5.77. The molecule has 1 aliphatic carbocycles. The molecule has 3 rings (SSSR count). The molecule has 104 valence electrons. The number of halogens is 2. The van der Waals surface area contributed by atoms with Gasteiger partial charge >= 0.3 is 5.97 Å². The van der Waals surface area contributed by atoms with Crippen LogP contribution in [0.2, 0.25) is 0 Å². The van der Waals surface area contributed by atoms with Crippen molar-refractivity contribution in [3.8, 4) is 11.4 Å². The van der Waals surface area contributed by atoms with Crippen molar-refractivity contribution in [1.29, 1.82) is 0 Å². The van der Waals surface area contributed by atoms with Crippen LogP contribution in [0.3, 0.4) is 0 Å². The predicted octanol–water partition coefficient (Wildman–Crippen LogP) is 1.48. The van der Waals surface area contributed by atoms with Gasteiger partial charge in [-0.25, -0.2) is 13.5 Å². The molecule has 0 spiro atoms. The molecule has 1 aliphatic rings. The molecular formula is C12H10F2N4O2. The van der Waals surface area contributed by atoms with E-state index in [-0.39, 0.29) is 17.9 Å². The van der Waals surface area contributed by atoms with E-state index < -0.39 is 23.0 Å². The number of hydrogen-bond donors (Lipinski definition) is 1. The summed E-state index contributed by atoms with van der Waals surface area (Å²) in [6.07, 6.45) is 1.08. The Bertz CT molecular complexity index is 662. The fraction of sp³-hybridized carbons (Fsp3) is 0.333. The number of benzene rings is 1. The molecule has 20 heavy (non-hydrogen) atoms. The van der Waals surface area contributed by atoms with E-state index in [0.29, 0.717) is 12.8 Å². The van der Waals surface area contributed by atoms with Gasteiger partial charge in [-0.3, -0.25) is 4.79 Å². The highest BCUT2D eigenvalue weighted by Gasteiger charge is 2.51. The minimum atomic E-state index is -0.913. The van der Waals surface area contributed by atoms with Crippen LogP contribution in [0.1, 0.15) is 12.8 Å². The van der Waals surface area contributed by atoms with E-state index in [4.69, 9.17) is 5.11 Å². The number of nitrogens with zero attached hydrogens (tertiary/aromatic N) is 4. The van der Waals surface area contributed by atoms with Crippen LogP contribution in [0.5, 0.6) is 0 Å². The van der Waals surface area contributed by atoms with Crippen LogP contribution >= 0.6 is 0 Å². The third-order valence-corrected chi connectivity index (χ3v) is 3.41. The zero-order valence-corrected chi connectivity index (χ0v) is 10.3. The van der Waals surface area contributed by atoms with E-state index in [2.05, 4.69) is 15.5 Å². The van der Waals surface area contributed by atoms with Gasteiger partial charge < -0.3 is 5.11 Å². The number of carboxylic acid groups (broad SMARTS) is 1. The molecule has 1 saturated carbocycles. The second kappa shape index (κ2) is 4.32. The van der Waals surface area contributed by atoms with Crippen LogP contribution in [0.25, 0.3) is 11.4 Å². The Kier molecular flexibility index (Phi) is 2.73. The van der Waals surface area contributed by atoms with Gasteiger partial charge in [0.25, 0.3) is 0 Å². The molecule has 1 fully saturated rings. The van der Waals surface area contributed by atoms with E-state index in [1.54, 1.807) is 0 Å². The summed E-state index contributed by atoms with van der Waals surface area (Å²) in [7, 11) is 0. The number of carbonyl (C=O) groups is 1. The van der Waals surface area contributed by atoms with Crippen molar-refractivity contribution < 1.29 is 18.7 Å². The van der Waals surface area contributed by atoms with Crippen molar-refractivity contribution in [1.82, 2.24) is 20.2 Å². The molecule has 0 unspecified atom stereocenters. The lowest BCUT2D eigenvalue weighted by atomic mass is 10.1. The van der Waals surface area contributed by atoms with Crippen molar-refractivity contribution in [3.63, 3.8) is 0 Å². The van der Waals surface area contributed by atoms with Gasteiger partial charge in [-0.1, -0.05) is 0 Å². The third kappa shape index (κ3) is 2.13. The Morgan fingerprint density at radius 2 is 1.95 bits per heavy atom. The third-order valence-electron chi connectivity index (χ3n) is 3.41. The van der Waals surface area contributed by atoms with Gasteiger partial charge in [0.05, 0.1) is 12.0 Å². The second-order valence-corrected chi connectivity index (χ2v) is 4.90. The van der Waals surface area contributed by atoms with Crippen molar-refractivity contribution in [2.45, 2.75) is 19.4 Å². The smallest absolute Gasteiger partial charge is 0.311 e. The Balaban J connectivity index is 1.96. The highest BCUT2D eigenvalue weighted by Crippen LogP contribution is 2.47. The van der Waals surface area contributed by atoms with Crippen LogP contribution in [-0.2, 0) is 11.3 Å². The number of aliphatic carboxylic acids is 1. The summed E-state index contributed by atoms with van der Waals surface area (Å²) in [5.41, 5.74) is -0.690.